The fraction of sp³-hybridized carbons (Fsp3) is 0.0435. The maximum absolute atomic E-state index is 12.9. The Labute approximate surface area is 156 Å². The molecule has 4 heteroatoms. The zero-order chi connectivity index (χ0) is 19.2. The van der Waals surface area contributed by atoms with Gasteiger partial charge in [-0.1, -0.05) is 48.0 Å². The molecule has 3 aromatic carbocycles. The quantitative estimate of drug-likeness (QED) is 0.270. The van der Waals surface area contributed by atoms with Gasteiger partial charge >= 0.3 is 5.97 Å². The Morgan fingerprint density at radius 1 is 0.889 bits per heavy atom. The molecule has 0 N–H and O–H groups in total. The minimum atomic E-state index is -0.577. The summed E-state index contributed by atoms with van der Waals surface area (Å²) in [5, 5.41) is 0. The van der Waals surface area contributed by atoms with Crippen LogP contribution >= 0.6 is 0 Å². The number of hydrogen-bond acceptors (Lipinski definition) is 3. The van der Waals surface area contributed by atoms with Crippen LogP contribution in [0.15, 0.2) is 78.9 Å². The molecule has 0 saturated carbocycles. The average Bonchev–Trinajstić information content (AvgIpc) is 2.67. The topological polar surface area (TPSA) is 43.4 Å². The van der Waals surface area contributed by atoms with Crippen LogP contribution in [0.2, 0.25) is 0 Å². The van der Waals surface area contributed by atoms with E-state index in [0.717, 1.165) is 11.1 Å². The van der Waals surface area contributed by atoms with Crippen molar-refractivity contribution in [2.75, 3.05) is 0 Å². The minimum absolute atomic E-state index is 0.108. The molecule has 0 atom stereocenters. The first-order valence-electron chi connectivity index (χ1n) is 8.38. The summed E-state index contributed by atoms with van der Waals surface area (Å²) >= 11 is 0. The van der Waals surface area contributed by atoms with Gasteiger partial charge < -0.3 is 4.74 Å². The van der Waals surface area contributed by atoms with Crippen LogP contribution in [0.5, 0.6) is 5.75 Å². The first-order valence-corrected chi connectivity index (χ1v) is 8.38. The summed E-state index contributed by atoms with van der Waals surface area (Å²) in [6.07, 6.45) is 3.14. The number of benzene rings is 3. The van der Waals surface area contributed by atoms with E-state index < -0.39 is 11.8 Å². The molecular weight excluding hydrogens is 343 g/mol. The monoisotopic (exact) mass is 360 g/mol. The van der Waals surface area contributed by atoms with E-state index in [9.17, 15) is 14.0 Å². The predicted octanol–water partition coefficient (Wildman–Crippen LogP) is 5.25. The van der Waals surface area contributed by atoms with Crippen LogP contribution < -0.4 is 4.74 Å². The highest BCUT2D eigenvalue weighted by atomic mass is 19.1. The minimum Gasteiger partial charge on any atom is -0.423 e. The van der Waals surface area contributed by atoms with Crippen molar-refractivity contribution in [3.8, 4) is 5.75 Å². The number of hydrogen-bond donors (Lipinski definition) is 0. The molecule has 0 heterocycles. The van der Waals surface area contributed by atoms with E-state index in [2.05, 4.69) is 0 Å². The predicted molar refractivity (Wildman–Crippen MR) is 102 cm³/mol. The van der Waals surface area contributed by atoms with E-state index in [1.807, 2.05) is 19.1 Å². The van der Waals surface area contributed by atoms with Gasteiger partial charge in [-0.05, 0) is 55.0 Å². The zero-order valence-corrected chi connectivity index (χ0v) is 14.7. The van der Waals surface area contributed by atoms with Crippen molar-refractivity contribution in [2.45, 2.75) is 6.92 Å². The lowest BCUT2D eigenvalue weighted by molar-refractivity contribution is 0.0734. The third-order valence-corrected chi connectivity index (χ3v) is 3.91. The number of aryl methyl sites for hydroxylation is 1. The maximum atomic E-state index is 12.9. The van der Waals surface area contributed by atoms with Crippen molar-refractivity contribution in [1.82, 2.24) is 0 Å². The fourth-order valence-electron chi connectivity index (χ4n) is 2.42. The van der Waals surface area contributed by atoms with Crippen LogP contribution in [0.1, 0.15) is 31.8 Å². The van der Waals surface area contributed by atoms with Crippen LogP contribution in [0.4, 0.5) is 4.39 Å². The SMILES string of the molecule is Cc1ccc(C(=O)C=Cc2cccc(OC(=O)c3ccc(F)cc3)c2)cc1. The number of esters is 1. The van der Waals surface area contributed by atoms with Crippen molar-refractivity contribution < 1.29 is 18.7 Å². The molecule has 0 aliphatic heterocycles. The molecule has 0 aliphatic rings. The van der Waals surface area contributed by atoms with Gasteiger partial charge in [-0.15, -0.1) is 0 Å². The molecular formula is C23H17FO3. The summed E-state index contributed by atoms with van der Waals surface area (Å²) in [5.41, 5.74) is 2.67. The van der Waals surface area contributed by atoms with E-state index in [0.29, 0.717) is 11.3 Å². The third-order valence-electron chi connectivity index (χ3n) is 3.91. The molecule has 0 amide bonds. The number of ketones is 1. The summed E-state index contributed by atoms with van der Waals surface area (Å²) < 4.78 is 18.2. The number of ether oxygens (including phenoxy) is 1. The van der Waals surface area contributed by atoms with Crippen LogP contribution in [-0.4, -0.2) is 11.8 Å². The number of halogens is 1. The summed E-state index contributed by atoms with van der Waals surface area (Å²) in [7, 11) is 0. The van der Waals surface area contributed by atoms with Crippen LogP contribution in [0.3, 0.4) is 0 Å². The smallest absolute Gasteiger partial charge is 0.343 e. The van der Waals surface area contributed by atoms with E-state index in [-0.39, 0.29) is 11.3 Å². The Bertz CT molecular complexity index is 987. The molecule has 0 fully saturated rings. The summed E-state index contributed by atoms with van der Waals surface area (Å²) in [4.78, 5) is 24.3. The standard InChI is InChI=1S/C23H17FO3/c1-16-5-8-18(9-6-16)22(25)14-7-17-3-2-4-21(15-17)27-23(26)19-10-12-20(24)13-11-19/h2-15H,1H3. The van der Waals surface area contributed by atoms with Crippen molar-refractivity contribution in [3.63, 3.8) is 0 Å². The first-order chi connectivity index (χ1) is 13.0. The molecule has 3 rings (SSSR count). The Balaban J connectivity index is 1.69. The molecule has 0 aromatic heterocycles. The third kappa shape index (κ3) is 4.98. The largest absolute Gasteiger partial charge is 0.423 e. The molecule has 0 aliphatic carbocycles. The molecule has 27 heavy (non-hydrogen) atoms. The number of carbonyl (C=O) groups is 2. The van der Waals surface area contributed by atoms with Crippen molar-refractivity contribution in [1.29, 1.82) is 0 Å². The highest BCUT2D eigenvalue weighted by Crippen LogP contribution is 2.17. The first kappa shape index (κ1) is 18.3. The zero-order valence-electron chi connectivity index (χ0n) is 14.7. The Morgan fingerprint density at radius 3 is 2.26 bits per heavy atom. The van der Waals surface area contributed by atoms with Crippen molar-refractivity contribution >= 4 is 17.8 Å². The normalized spacial score (nSPS) is 10.7. The lowest BCUT2D eigenvalue weighted by atomic mass is 10.1. The van der Waals surface area contributed by atoms with E-state index in [4.69, 9.17) is 4.74 Å². The van der Waals surface area contributed by atoms with E-state index in [1.165, 1.54) is 30.3 Å². The van der Waals surface area contributed by atoms with Crippen LogP contribution in [0.25, 0.3) is 6.08 Å². The number of carbonyl (C=O) groups excluding carboxylic acids is 2. The Kier molecular flexibility index (Phi) is 5.57. The molecule has 3 nitrogen and oxygen atoms in total. The molecule has 0 spiro atoms. The molecule has 0 saturated heterocycles. The molecule has 0 bridgehead atoms. The molecule has 0 radical (unpaired) electrons. The molecule has 3 aromatic rings. The van der Waals surface area contributed by atoms with Gasteiger partial charge in [0.25, 0.3) is 0 Å². The molecule has 134 valence electrons. The second-order valence-corrected chi connectivity index (χ2v) is 6.03. The highest BCUT2D eigenvalue weighted by molar-refractivity contribution is 6.06. The van der Waals surface area contributed by atoms with Gasteiger partial charge in [0, 0.05) is 5.56 Å². The van der Waals surface area contributed by atoms with Crippen LogP contribution in [-0.2, 0) is 0 Å². The van der Waals surface area contributed by atoms with Gasteiger partial charge in [0.05, 0.1) is 5.56 Å². The van der Waals surface area contributed by atoms with Crippen molar-refractivity contribution in [2.24, 2.45) is 0 Å². The van der Waals surface area contributed by atoms with Crippen molar-refractivity contribution in [3.05, 3.63) is 107 Å². The van der Waals surface area contributed by atoms with E-state index in [1.54, 1.807) is 42.5 Å². The lowest BCUT2D eigenvalue weighted by Gasteiger charge is -2.05. The maximum Gasteiger partial charge on any atom is 0.343 e. The second-order valence-electron chi connectivity index (χ2n) is 6.03. The van der Waals surface area contributed by atoms with Gasteiger partial charge in [-0.3, -0.25) is 4.79 Å². The van der Waals surface area contributed by atoms with Gasteiger partial charge in [0.1, 0.15) is 11.6 Å². The molecule has 0 unspecified atom stereocenters. The Hall–Kier alpha value is -3.53. The van der Waals surface area contributed by atoms with Gasteiger partial charge in [-0.2, -0.15) is 0 Å². The number of allylic oxidation sites excluding steroid dienone is 1. The summed E-state index contributed by atoms with van der Waals surface area (Å²) in [5.74, 6) is -0.762. The van der Waals surface area contributed by atoms with E-state index >= 15 is 0 Å². The van der Waals surface area contributed by atoms with Crippen LogP contribution in [0, 0.1) is 12.7 Å². The summed E-state index contributed by atoms with van der Waals surface area (Å²) in [6.45, 7) is 1.96. The van der Waals surface area contributed by atoms with Gasteiger partial charge in [0.15, 0.2) is 5.78 Å². The Morgan fingerprint density at radius 2 is 1.56 bits per heavy atom. The number of rotatable bonds is 5. The van der Waals surface area contributed by atoms with Gasteiger partial charge in [0.2, 0.25) is 0 Å². The second kappa shape index (κ2) is 8.23. The highest BCUT2D eigenvalue weighted by Gasteiger charge is 2.09. The lowest BCUT2D eigenvalue weighted by Crippen LogP contribution is -2.08. The van der Waals surface area contributed by atoms with Gasteiger partial charge in [-0.25, -0.2) is 9.18 Å². The summed E-state index contributed by atoms with van der Waals surface area (Å²) in [6, 6.07) is 19.3. The fourth-order valence-corrected chi connectivity index (χ4v) is 2.42. The average molecular weight is 360 g/mol.